The van der Waals surface area contributed by atoms with Crippen LogP contribution in [0.2, 0.25) is 0 Å². The van der Waals surface area contributed by atoms with E-state index >= 15 is 0 Å². The molecule has 0 aliphatic carbocycles. The van der Waals surface area contributed by atoms with E-state index in [2.05, 4.69) is 39.8 Å². The summed E-state index contributed by atoms with van der Waals surface area (Å²) in [4.78, 5) is 23.1. The Hall–Kier alpha value is -0.760. The van der Waals surface area contributed by atoms with Gasteiger partial charge in [-0.05, 0) is 23.6 Å². The Balaban J connectivity index is 3.23. The second-order valence-electron chi connectivity index (χ2n) is 4.15. The maximum atomic E-state index is 12.0. The van der Waals surface area contributed by atoms with Crippen LogP contribution in [0.5, 0.6) is 5.75 Å². The van der Waals surface area contributed by atoms with E-state index in [1.165, 1.54) is 7.11 Å². The number of ketones is 1. The fourth-order valence-electron chi connectivity index (χ4n) is 1.67. The largest absolute Gasteiger partial charge is 0.496 e. The molecule has 4 nitrogen and oxygen atoms in total. The summed E-state index contributed by atoms with van der Waals surface area (Å²) in [6, 6.07) is 3.67. The maximum Gasteiger partial charge on any atom is 0.293 e. The average molecular weight is 394 g/mol. The normalized spacial score (nSPS) is 10.4. The van der Waals surface area contributed by atoms with Crippen LogP contribution in [0.1, 0.15) is 35.7 Å². The standard InChI is InChI=1S/C13H15IO4S/c1-8(2)9-4-12(17-3)10(5-13(9)19-14)11(16)6-18-7-15/h4-5,7-8H,6H2,1-3H3. The smallest absolute Gasteiger partial charge is 0.293 e. The van der Waals surface area contributed by atoms with Crippen LogP contribution < -0.4 is 4.74 Å². The molecule has 0 saturated heterocycles. The van der Waals surface area contributed by atoms with Crippen LogP contribution in [-0.2, 0) is 9.53 Å². The minimum Gasteiger partial charge on any atom is -0.496 e. The molecule has 0 heterocycles. The molecule has 0 unspecified atom stereocenters. The molecule has 0 aliphatic rings. The number of halogens is 1. The van der Waals surface area contributed by atoms with E-state index in [9.17, 15) is 9.59 Å². The van der Waals surface area contributed by atoms with Crippen molar-refractivity contribution in [3.05, 3.63) is 23.3 Å². The van der Waals surface area contributed by atoms with Crippen molar-refractivity contribution in [3.63, 3.8) is 0 Å². The predicted molar refractivity (Wildman–Crippen MR) is 83.3 cm³/mol. The molecule has 0 fully saturated rings. The monoisotopic (exact) mass is 394 g/mol. The van der Waals surface area contributed by atoms with Gasteiger partial charge < -0.3 is 9.47 Å². The fraction of sp³-hybridized carbons (Fsp3) is 0.385. The highest BCUT2D eigenvalue weighted by molar-refractivity contribution is 14.2. The highest BCUT2D eigenvalue weighted by Gasteiger charge is 2.18. The number of Topliss-reactive ketones (excluding diaryl/α,β-unsaturated/α-hetero) is 1. The average Bonchev–Trinajstić information content (AvgIpc) is 2.42. The lowest BCUT2D eigenvalue weighted by molar-refractivity contribution is -0.127. The molecule has 1 aromatic rings. The third-order valence-corrected chi connectivity index (χ3v) is 4.56. The first kappa shape index (κ1) is 16.3. The Labute approximate surface area is 128 Å². The summed E-state index contributed by atoms with van der Waals surface area (Å²) in [6.07, 6.45) is 0. The zero-order valence-electron chi connectivity index (χ0n) is 10.9. The maximum absolute atomic E-state index is 12.0. The van der Waals surface area contributed by atoms with Gasteiger partial charge in [0.05, 0.1) is 12.7 Å². The van der Waals surface area contributed by atoms with Gasteiger partial charge in [-0.15, -0.1) is 0 Å². The van der Waals surface area contributed by atoms with Crippen molar-refractivity contribution in [2.24, 2.45) is 0 Å². The molecule has 19 heavy (non-hydrogen) atoms. The number of hydrogen-bond donors (Lipinski definition) is 0. The van der Waals surface area contributed by atoms with Gasteiger partial charge >= 0.3 is 0 Å². The number of ether oxygens (including phenoxy) is 2. The quantitative estimate of drug-likeness (QED) is 0.402. The molecule has 1 aromatic carbocycles. The number of rotatable bonds is 7. The van der Waals surface area contributed by atoms with Crippen molar-refractivity contribution >= 4 is 42.4 Å². The molecular formula is C13H15IO4S. The van der Waals surface area contributed by atoms with Crippen molar-refractivity contribution in [1.82, 2.24) is 0 Å². The summed E-state index contributed by atoms with van der Waals surface area (Å²) in [5.74, 6) is 0.574. The number of benzene rings is 1. The fourth-order valence-corrected chi connectivity index (χ4v) is 3.36. The molecule has 0 radical (unpaired) electrons. The molecule has 0 spiro atoms. The molecule has 0 atom stereocenters. The lowest BCUT2D eigenvalue weighted by Crippen LogP contribution is -2.11. The molecule has 0 amide bonds. The van der Waals surface area contributed by atoms with Crippen LogP contribution in [0.3, 0.4) is 0 Å². The van der Waals surface area contributed by atoms with Gasteiger partial charge in [-0.2, -0.15) is 0 Å². The van der Waals surface area contributed by atoms with Crippen LogP contribution in [0.4, 0.5) is 0 Å². The Morgan fingerprint density at radius 3 is 2.63 bits per heavy atom. The first-order chi connectivity index (χ1) is 9.04. The van der Waals surface area contributed by atoms with Gasteiger partial charge in [0, 0.05) is 26.1 Å². The Morgan fingerprint density at radius 2 is 2.16 bits per heavy atom. The van der Waals surface area contributed by atoms with E-state index in [0.29, 0.717) is 17.2 Å². The van der Waals surface area contributed by atoms with Crippen molar-refractivity contribution in [2.75, 3.05) is 13.7 Å². The summed E-state index contributed by atoms with van der Waals surface area (Å²) >= 11 is 2.18. The van der Waals surface area contributed by atoms with Crippen LogP contribution in [-0.4, -0.2) is 26.0 Å². The lowest BCUT2D eigenvalue weighted by Gasteiger charge is -2.15. The molecular weight excluding hydrogens is 379 g/mol. The minimum absolute atomic E-state index is 0.265. The zero-order valence-corrected chi connectivity index (χ0v) is 13.9. The number of hydrogen-bond acceptors (Lipinski definition) is 5. The number of methoxy groups -OCH3 is 1. The molecule has 6 heteroatoms. The van der Waals surface area contributed by atoms with Crippen molar-refractivity contribution in [1.29, 1.82) is 0 Å². The topological polar surface area (TPSA) is 52.6 Å². The molecule has 0 aliphatic heterocycles. The molecule has 0 aromatic heterocycles. The minimum atomic E-state index is -0.272. The van der Waals surface area contributed by atoms with Crippen molar-refractivity contribution in [2.45, 2.75) is 24.7 Å². The van der Waals surface area contributed by atoms with Gasteiger partial charge in [0.2, 0.25) is 5.78 Å². The zero-order chi connectivity index (χ0) is 14.4. The predicted octanol–water partition coefficient (Wildman–Crippen LogP) is 3.62. The highest BCUT2D eigenvalue weighted by atomic mass is 127. The van der Waals surface area contributed by atoms with Gasteiger partial charge in [0.15, 0.2) is 6.61 Å². The summed E-state index contributed by atoms with van der Waals surface area (Å²) in [6.45, 7) is 4.16. The molecule has 104 valence electrons. The van der Waals surface area contributed by atoms with Gasteiger partial charge in [-0.25, -0.2) is 0 Å². The molecule has 1 rings (SSSR count). The second-order valence-corrected chi connectivity index (χ2v) is 6.07. The Bertz CT molecular complexity index is 474. The number of carbonyl (C=O) groups is 2. The highest BCUT2D eigenvalue weighted by Crippen LogP contribution is 2.37. The lowest BCUT2D eigenvalue weighted by atomic mass is 9.99. The summed E-state index contributed by atoms with van der Waals surface area (Å²) in [5.41, 5.74) is 1.57. The first-order valence-electron chi connectivity index (χ1n) is 5.64. The van der Waals surface area contributed by atoms with E-state index in [1.807, 2.05) is 6.07 Å². The van der Waals surface area contributed by atoms with E-state index in [-0.39, 0.29) is 18.9 Å². The van der Waals surface area contributed by atoms with Crippen LogP contribution >= 0.6 is 30.1 Å². The van der Waals surface area contributed by atoms with Crippen molar-refractivity contribution in [3.8, 4) is 5.75 Å². The van der Waals surface area contributed by atoms with Gasteiger partial charge in [0.25, 0.3) is 6.47 Å². The SMILES string of the molecule is COc1cc(C(C)C)c(SI)cc1C(=O)COC=O. The molecule has 0 N–H and O–H groups in total. The van der Waals surface area contributed by atoms with Crippen LogP contribution in [0, 0.1) is 0 Å². The molecule has 0 saturated carbocycles. The van der Waals surface area contributed by atoms with E-state index < -0.39 is 0 Å². The third-order valence-electron chi connectivity index (χ3n) is 2.62. The first-order valence-corrected chi connectivity index (χ1v) is 9.00. The van der Waals surface area contributed by atoms with Crippen LogP contribution in [0.15, 0.2) is 17.0 Å². The third kappa shape index (κ3) is 4.10. The molecule has 0 bridgehead atoms. The van der Waals surface area contributed by atoms with Crippen LogP contribution in [0.25, 0.3) is 0 Å². The van der Waals surface area contributed by atoms with Gasteiger partial charge in [0.1, 0.15) is 5.75 Å². The van der Waals surface area contributed by atoms with E-state index in [4.69, 9.17) is 4.74 Å². The Kier molecular flexibility index (Phi) is 6.64. The van der Waals surface area contributed by atoms with Gasteiger partial charge in [-0.1, -0.05) is 22.8 Å². The summed E-state index contributed by atoms with van der Waals surface area (Å²) in [5, 5.41) is 0. The summed E-state index contributed by atoms with van der Waals surface area (Å²) in [7, 11) is 3.07. The summed E-state index contributed by atoms with van der Waals surface area (Å²) < 4.78 is 9.77. The van der Waals surface area contributed by atoms with E-state index in [1.54, 1.807) is 15.0 Å². The number of carbonyl (C=O) groups excluding carboxylic acids is 2. The second kappa shape index (κ2) is 7.74. The van der Waals surface area contributed by atoms with E-state index in [0.717, 1.165) is 10.5 Å². The van der Waals surface area contributed by atoms with Gasteiger partial charge in [-0.3, -0.25) is 9.59 Å². The van der Waals surface area contributed by atoms with Crippen molar-refractivity contribution < 1.29 is 19.1 Å². The Morgan fingerprint density at radius 1 is 1.47 bits per heavy atom.